The van der Waals surface area contributed by atoms with Crippen molar-refractivity contribution in [2.75, 3.05) is 7.11 Å². The summed E-state index contributed by atoms with van der Waals surface area (Å²) in [5.74, 6) is -0.324. The first-order valence-electron chi connectivity index (χ1n) is 9.92. The number of benzene rings is 2. The lowest BCUT2D eigenvalue weighted by molar-refractivity contribution is -0.410. The molecule has 3 aliphatic rings. The van der Waals surface area contributed by atoms with Gasteiger partial charge in [-0.1, -0.05) is 67.1 Å². The maximum absolute atomic E-state index is 13.1. The smallest absolute Gasteiger partial charge is 0.256 e. The molecular weight excluding hydrogens is 338 g/mol. The van der Waals surface area contributed by atoms with Gasteiger partial charge in [0.05, 0.1) is 12.0 Å². The number of hydrogen-bond acceptors (Lipinski definition) is 3. The van der Waals surface area contributed by atoms with Gasteiger partial charge in [-0.15, -0.1) is 0 Å². The van der Waals surface area contributed by atoms with Gasteiger partial charge in [0, 0.05) is 25.4 Å². The fraction of sp³-hybridized carbons (Fsp3) is 0.435. The lowest BCUT2D eigenvalue weighted by atomic mass is 9.62. The van der Waals surface area contributed by atoms with Gasteiger partial charge >= 0.3 is 0 Å². The third kappa shape index (κ3) is 2.47. The molecule has 1 unspecified atom stereocenters. The Morgan fingerprint density at radius 2 is 1.67 bits per heavy atom. The Labute approximate surface area is 160 Å². The average molecular weight is 363 g/mol. The van der Waals surface area contributed by atoms with E-state index in [4.69, 9.17) is 9.57 Å². The van der Waals surface area contributed by atoms with Crippen LogP contribution in [0.25, 0.3) is 0 Å². The molecule has 0 N–H and O–H groups in total. The van der Waals surface area contributed by atoms with Crippen LogP contribution in [0.2, 0.25) is 0 Å². The molecule has 2 aromatic rings. The van der Waals surface area contributed by atoms with Crippen LogP contribution in [0.15, 0.2) is 60.7 Å². The van der Waals surface area contributed by atoms with E-state index in [1.165, 1.54) is 12.0 Å². The number of nitrogens with zero attached hydrogens (tertiary/aromatic N) is 1. The first-order valence-corrected chi connectivity index (χ1v) is 9.92. The van der Waals surface area contributed by atoms with Crippen molar-refractivity contribution in [1.29, 1.82) is 0 Å². The summed E-state index contributed by atoms with van der Waals surface area (Å²) in [6, 6.07) is 20.7. The van der Waals surface area contributed by atoms with Gasteiger partial charge in [-0.05, 0) is 24.0 Å². The first-order chi connectivity index (χ1) is 13.2. The SMILES string of the molecule is CO[C@@]12CCCCC1[C@@H](c1ccccc1)[C@@H]1[C@H](c3ccccc3)C(=O)N1O2. The van der Waals surface area contributed by atoms with Crippen molar-refractivity contribution < 1.29 is 14.4 Å². The number of β-lactam (4-membered cyclic amide) rings is 1. The molecule has 1 amide bonds. The molecule has 27 heavy (non-hydrogen) atoms. The van der Waals surface area contributed by atoms with E-state index < -0.39 is 5.79 Å². The maximum atomic E-state index is 13.1. The molecular formula is C23H25NO3. The second kappa shape index (κ2) is 6.47. The first kappa shape index (κ1) is 17.0. The van der Waals surface area contributed by atoms with Gasteiger partial charge in [-0.25, -0.2) is 9.90 Å². The maximum Gasteiger partial charge on any atom is 0.256 e. The van der Waals surface area contributed by atoms with Crippen molar-refractivity contribution in [1.82, 2.24) is 5.06 Å². The number of amides is 1. The van der Waals surface area contributed by atoms with Crippen LogP contribution in [0.4, 0.5) is 0 Å². The average Bonchev–Trinajstić information content (AvgIpc) is 2.74. The van der Waals surface area contributed by atoms with Gasteiger partial charge in [0.2, 0.25) is 0 Å². The Morgan fingerprint density at radius 3 is 2.33 bits per heavy atom. The number of rotatable bonds is 3. The van der Waals surface area contributed by atoms with Crippen molar-refractivity contribution in [2.24, 2.45) is 5.92 Å². The van der Waals surface area contributed by atoms with Gasteiger partial charge in [-0.3, -0.25) is 4.79 Å². The van der Waals surface area contributed by atoms with Crippen molar-refractivity contribution in [2.45, 2.75) is 49.3 Å². The van der Waals surface area contributed by atoms with E-state index in [1.807, 2.05) is 24.3 Å². The van der Waals surface area contributed by atoms with Crippen LogP contribution in [0.3, 0.4) is 0 Å². The topological polar surface area (TPSA) is 38.8 Å². The molecule has 1 aliphatic carbocycles. The Kier molecular flexibility index (Phi) is 4.06. The molecule has 4 nitrogen and oxygen atoms in total. The predicted octanol–water partition coefficient (Wildman–Crippen LogP) is 4.24. The Balaban J connectivity index is 1.61. The van der Waals surface area contributed by atoms with Crippen LogP contribution in [0, 0.1) is 5.92 Å². The highest BCUT2D eigenvalue weighted by Gasteiger charge is 2.65. The van der Waals surface area contributed by atoms with Gasteiger partial charge < -0.3 is 4.74 Å². The van der Waals surface area contributed by atoms with Crippen LogP contribution in [-0.4, -0.2) is 29.9 Å². The van der Waals surface area contributed by atoms with Crippen LogP contribution in [0.5, 0.6) is 0 Å². The molecule has 2 heterocycles. The van der Waals surface area contributed by atoms with Gasteiger partial charge in [-0.2, -0.15) is 0 Å². The molecule has 2 saturated heterocycles. The third-order valence-corrected chi connectivity index (χ3v) is 6.69. The molecule has 0 radical (unpaired) electrons. The summed E-state index contributed by atoms with van der Waals surface area (Å²) in [7, 11) is 1.72. The molecule has 2 aromatic carbocycles. The summed E-state index contributed by atoms with van der Waals surface area (Å²) in [5.41, 5.74) is 2.35. The van der Waals surface area contributed by atoms with E-state index in [1.54, 1.807) is 12.2 Å². The zero-order valence-electron chi connectivity index (χ0n) is 15.6. The fourth-order valence-corrected chi connectivity index (χ4v) is 5.45. The summed E-state index contributed by atoms with van der Waals surface area (Å²) in [6.45, 7) is 0. The fourth-order valence-electron chi connectivity index (χ4n) is 5.45. The number of ether oxygens (including phenoxy) is 1. The summed E-state index contributed by atoms with van der Waals surface area (Å²) < 4.78 is 5.96. The molecule has 0 spiro atoms. The van der Waals surface area contributed by atoms with E-state index >= 15 is 0 Å². The minimum absolute atomic E-state index is 0.0219. The second-order valence-electron chi connectivity index (χ2n) is 7.94. The largest absolute Gasteiger partial charge is 0.351 e. The molecule has 5 rings (SSSR count). The van der Waals surface area contributed by atoms with Crippen LogP contribution in [-0.2, 0) is 14.4 Å². The monoisotopic (exact) mass is 363 g/mol. The van der Waals surface area contributed by atoms with E-state index in [0.717, 1.165) is 24.8 Å². The molecule has 1 saturated carbocycles. The van der Waals surface area contributed by atoms with Crippen LogP contribution < -0.4 is 0 Å². The van der Waals surface area contributed by atoms with Gasteiger partial charge in [0.25, 0.3) is 5.91 Å². The van der Waals surface area contributed by atoms with Crippen LogP contribution >= 0.6 is 0 Å². The summed E-state index contributed by atoms with van der Waals surface area (Å²) in [5, 5.41) is 1.63. The number of methoxy groups -OCH3 is 1. The van der Waals surface area contributed by atoms with Gasteiger partial charge in [0.15, 0.2) is 5.79 Å². The number of fused-ring (bicyclic) bond motifs is 2. The molecule has 5 atom stereocenters. The minimum atomic E-state index is -0.688. The molecule has 0 aromatic heterocycles. The number of hydrogen-bond donors (Lipinski definition) is 0. The number of carbonyl (C=O) groups excluding carboxylic acids is 1. The Bertz CT molecular complexity index is 824. The van der Waals surface area contributed by atoms with Crippen LogP contribution in [0.1, 0.15) is 48.6 Å². The highest BCUT2D eigenvalue weighted by Crippen LogP contribution is 2.58. The minimum Gasteiger partial charge on any atom is -0.351 e. The zero-order valence-corrected chi connectivity index (χ0v) is 15.6. The standard InChI is InChI=1S/C23H25NO3/c1-26-23-15-9-8-14-18(23)19(16-10-4-2-5-11-16)21-20(22(25)24(21)27-23)17-12-6-3-7-13-17/h2-7,10-13,18-21H,8-9,14-15H2,1H3/t18?,19-,20+,21-,23-/m1/s1. The van der Waals surface area contributed by atoms with E-state index in [9.17, 15) is 4.79 Å². The van der Waals surface area contributed by atoms with E-state index in [-0.39, 0.29) is 29.7 Å². The molecule has 0 bridgehead atoms. The van der Waals surface area contributed by atoms with Gasteiger partial charge in [0.1, 0.15) is 0 Å². The summed E-state index contributed by atoms with van der Waals surface area (Å²) >= 11 is 0. The number of hydroxylamine groups is 2. The lowest BCUT2D eigenvalue weighted by Gasteiger charge is -2.61. The quantitative estimate of drug-likeness (QED) is 0.766. The van der Waals surface area contributed by atoms with E-state index in [0.29, 0.717) is 0 Å². The Morgan fingerprint density at radius 1 is 1.00 bits per heavy atom. The zero-order chi connectivity index (χ0) is 18.4. The molecule has 2 aliphatic heterocycles. The van der Waals surface area contributed by atoms with E-state index in [2.05, 4.69) is 36.4 Å². The lowest BCUT2D eigenvalue weighted by Crippen LogP contribution is -2.71. The highest BCUT2D eigenvalue weighted by atomic mass is 16.8. The second-order valence-corrected chi connectivity index (χ2v) is 7.94. The molecule has 4 heteroatoms. The number of carbonyl (C=O) groups is 1. The summed E-state index contributed by atoms with van der Waals surface area (Å²) in [6.07, 6.45) is 4.15. The Hall–Kier alpha value is -2.17. The molecule has 140 valence electrons. The highest BCUT2D eigenvalue weighted by molar-refractivity contribution is 5.90. The van der Waals surface area contributed by atoms with Crippen molar-refractivity contribution in [3.63, 3.8) is 0 Å². The molecule has 3 fully saturated rings. The summed E-state index contributed by atoms with van der Waals surface area (Å²) in [4.78, 5) is 19.4. The predicted molar refractivity (Wildman–Crippen MR) is 102 cm³/mol. The van der Waals surface area contributed by atoms with Crippen molar-refractivity contribution in [3.8, 4) is 0 Å². The third-order valence-electron chi connectivity index (χ3n) is 6.69. The normalized spacial score (nSPS) is 35.1. The van der Waals surface area contributed by atoms with Crippen molar-refractivity contribution >= 4 is 5.91 Å². The van der Waals surface area contributed by atoms with Crippen molar-refractivity contribution in [3.05, 3.63) is 71.8 Å².